The molecule has 0 spiro atoms. The number of nitriles is 1. The van der Waals surface area contributed by atoms with Crippen molar-refractivity contribution in [2.75, 3.05) is 0 Å². The molecule has 0 saturated carbocycles. The van der Waals surface area contributed by atoms with Gasteiger partial charge in [-0.25, -0.2) is 4.98 Å². The van der Waals surface area contributed by atoms with E-state index >= 15 is 0 Å². The molecule has 2 aromatic rings. The summed E-state index contributed by atoms with van der Waals surface area (Å²) in [5, 5.41) is 19.2. The van der Waals surface area contributed by atoms with Crippen LogP contribution in [0.15, 0.2) is 30.0 Å². The molecular formula is C14H15N3O. The van der Waals surface area contributed by atoms with Crippen LogP contribution in [0.4, 0.5) is 0 Å². The van der Waals surface area contributed by atoms with Gasteiger partial charge in [-0.2, -0.15) is 5.26 Å². The Labute approximate surface area is 106 Å². The fraction of sp³-hybridized carbons (Fsp3) is 0.286. The van der Waals surface area contributed by atoms with Gasteiger partial charge in [0.15, 0.2) is 5.82 Å². The Bertz CT molecular complexity index is 659. The molecule has 2 rings (SSSR count). The van der Waals surface area contributed by atoms with Crippen LogP contribution in [0.25, 0.3) is 16.6 Å². The van der Waals surface area contributed by atoms with Crippen molar-refractivity contribution in [2.24, 2.45) is 13.0 Å². The lowest BCUT2D eigenvalue weighted by atomic mass is 10.1. The highest BCUT2D eigenvalue weighted by Crippen LogP contribution is 2.24. The molecule has 0 fully saturated rings. The van der Waals surface area contributed by atoms with Gasteiger partial charge in [-0.1, -0.05) is 26.0 Å². The number of para-hydroxylation sites is 2. The van der Waals surface area contributed by atoms with Crippen molar-refractivity contribution in [2.45, 2.75) is 13.8 Å². The molecule has 0 radical (unpaired) electrons. The number of aromatic nitrogens is 2. The fourth-order valence-corrected chi connectivity index (χ4v) is 1.88. The van der Waals surface area contributed by atoms with E-state index in [1.165, 1.54) is 0 Å². The minimum atomic E-state index is -0.0977. The number of aliphatic hydroxyl groups is 1. The van der Waals surface area contributed by atoms with Crippen LogP contribution in [-0.2, 0) is 7.05 Å². The van der Waals surface area contributed by atoms with E-state index in [1.807, 2.05) is 55.8 Å². The molecule has 0 aliphatic heterocycles. The van der Waals surface area contributed by atoms with E-state index in [1.54, 1.807) is 0 Å². The zero-order chi connectivity index (χ0) is 13.3. The highest BCUT2D eigenvalue weighted by Gasteiger charge is 2.17. The molecule has 92 valence electrons. The van der Waals surface area contributed by atoms with E-state index in [9.17, 15) is 10.4 Å². The molecule has 0 saturated heterocycles. The molecule has 0 aliphatic carbocycles. The third kappa shape index (κ3) is 1.84. The Kier molecular flexibility index (Phi) is 3.07. The van der Waals surface area contributed by atoms with E-state index in [2.05, 4.69) is 4.98 Å². The second-order valence-electron chi connectivity index (χ2n) is 4.51. The Morgan fingerprint density at radius 2 is 2.06 bits per heavy atom. The largest absolute Gasteiger partial charge is 0.511 e. The van der Waals surface area contributed by atoms with Crippen molar-refractivity contribution in [3.05, 3.63) is 35.8 Å². The van der Waals surface area contributed by atoms with E-state index in [-0.39, 0.29) is 17.3 Å². The molecular weight excluding hydrogens is 226 g/mol. The van der Waals surface area contributed by atoms with E-state index in [4.69, 9.17) is 0 Å². The van der Waals surface area contributed by atoms with Gasteiger partial charge in [-0.15, -0.1) is 0 Å². The average Bonchev–Trinajstić information content (AvgIpc) is 2.68. The summed E-state index contributed by atoms with van der Waals surface area (Å²) in [6, 6.07) is 9.70. The maximum atomic E-state index is 9.99. The van der Waals surface area contributed by atoms with Crippen LogP contribution in [0, 0.1) is 17.2 Å². The standard InChI is InChI=1S/C14H15N3O/c1-9(2)13(18)10(8-15)14-16-11-6-4-5-7-12(11)17(14)3/h4-7,9,18H,1-3H3. The number of aryl methyl sites for hydroxylation is 1. The summed E-state index contributed by atoms with van der Waals surface area (Å²) in [6.07, 6.45) is 0. The third-order valence-electron chi connectivity index (χ3n) is 2.93. The molecule has 1 heterocycles. The number of fused-ring (bicyclic) bond motifs is 1. The Morgan fingerprint density at radius 3 is 2.61 bits per heavy atom. The first kappa shape index (κ1) is 12.2. The van der Waals surface area contributed by atoms with Crippen LogP contribution < -0.4 is 0 Å². The normalized spacial score (nSPS) is 12.6. The molecule has 0 amide bonds. The van der Waals surface area contributed by atoms with Gasteiger partial charge in [0.1, 0.15) is 17.4 Å². The number of benzene rings is 1. The number of imidazole rings is 1. The van der Waals surface area contributed by atoms with E-state index in [0.717, 1.165) is 11.0 Å². The van der Waals surface area contributed by atoms with Crippen molar-refractivity contribution in [3.8, 4) is 6.07 Å². The third-order valence-corrected chi connectivity index (χ3v) is 2.93. The number of rotatable bonds is 2. The zero-order valence-corrected chi connectivity index (χ0v) is 10.7. The molecule has 4 nitrogen and oxygen atoms in total. The second kappa shape index (κ2) is 4.53. The molecule has 1 aromatic carbocycles. The predicted octanol–water partition coefficient (Wildman–Crippen LogP) is 3.02. The molecule has 1 aromatic heterocycles. The SMILES string of the molecule is CC(C)C(O)=C(C#N)c1nc2ccccc2n1C. The highest BCUT2D eigenvalue weighted by atomic mass is 16.3. The van der Waals surface area contributed by atoms with Gasteiger partial charge < -0.3 is 9.67 Å². The van der Waals surface area contributed by atoms with Gasteiger partial charge in [0, 0.05) is 13.0 Å². The highest BCUT2D eigenvalue weighted by molar-refractivity contribution is 5.83. The molecule has 4 heteroatoms. The average molecular weight is 241 g/mol. The number of nitrogens with zero attached hydrogens (tertiary/aromatic N) is 3. The molecule has 18 heavy (non-hydrogen) atoms. The van der Waals surface area contributed by atoms with Crippen LogP contribution in [0.3, 0.4) is 0 Å². The molecule has 0 atom stereocenters. The van der Waals surface area contributed by atoms with Gasteiger partial charge in [-0.05, 0) is 12.1 Å². The van der Waals surface area contributed by atoms with Crippen LogP contribution in [0.5, 0.6) is 0 Å². The Hall–Kier alpha value is -2.28. The molecule has 0 aliphatic rings. The summed E-state index contributed by atoms with van der Waals surface area (Å²) in [5.41, 5.74) is 2.00. The first-order valence-electron chi connectivity index (χ1n) is 5.81. The number of allylic oxidation sites excluding steroid dienone is 2. The van der Waals surface area contributed by atoms with Gasteiger partial charge >= 0.3 is 0 Å². The van der Waals surface area contributed by atoms with Crippen LogP contribution in [0.1, 0.15) is 19.7 Å². The quantitative estimate of drug-likeness (QED) is 0.649. The predicted molar refractivity (Wildman–Crippen MR) is 70.7 cm³/mol. The van der Waals surface area contributed by atoms with E-state index in [0.29, 0.717) is 5.82 Å². The van der Waals surface area contributed by atoms with Crippen molar-refractivity contribution in [3.63, 3.8) is 0 Å². The van der Waals surface area contributed by atoms with Crippen LogP contribution in [-0.4, -0.2) is 14.7 Å². The summed E-state index contributed by atoms with van der Waals surface area (Å²) in [6.45, 7) is 3.69. The van der Waals surface area contributed by atoms with Crippen LogP contribution >= 0.6 is 0 Å². The van der Waals surface area contributed by atoms with Gasteiger partial charge in [0.2, 0.25) is 0 Å². The number of hydrogen-bond donors (Lipinski definition) is 1. The molecule has 1 N–H and O–H groups in total. The fourth-order valence-electron chi connectivity index (χ4n) is 1.88. The minimum Gasteiger partial charge on any atom is -0.511 e. The maximum Gasteiger partial charge on any atom is 0.155 e. The number of hydrogen-bond acceptors (Lipinski definition) is 3. The minimum absolute atomic E-state index is 0.0795. The summed E-state index contributed by atoms with van der Waals surface area (Å²) in [4.78, 5) is 4.41. The summed E-state index contributed by atoms with van der Waals surface area (Å²) in [5.74, 6) is 0.486. The summed E-state index contributed by atoms with van der Waals surface area (Å²) < 4.78 is 1.83. The van der Waals surface area contributed by atoms with Crippen molar-refractivity contribution >= 4 is 16.6 Å². The summed E-state index contributed by atoms with van der Waals surface area (Å²) >= 11 is 0. The van der Waals surface area contributed by atoms with Gasteiger partial charge in [0.25, 0.3) is 0 Å². The Morgan fingerprint density at radius 1 is 1.39 bits per heavy atom. The molecule has 0 unspecified atom stereocenters. The van der Waals surface area contributed by atoms with Gasteiger partial charge in [-0.3, -0.25) is 0 Å². The van der Waals surface area contributed by atoms with Crippen molar-refractivity contribution in [1.29, 1.82) is 5.26 Å². The lowest BCUT2D eigenvalue weighted by molar-refractivity contribution is 0.355. The smallest absolute Gasteiger partial charge is 0.155 e. The summed E-state index contributed by atoms with van der Waals surface area (Å²) in [7, 11) is 1.84. The first-order valence-corrected chi connectivity index (χ1v) is 5.81. The number of aliphatic hydroxyl groups excluding tert-OH is 1. The van der Waals surface area contributed by atoms with E-state index < -0.39 is 0 Å². The maximum absolute atomic E-state index is 9.99. The van der Waals surface area contributed by atoms with Crippen molar-refractivity contribution in [1.82, 2.24) is 9.55 Å². The van der Waals surface area contributed by atoms with Crippen molar-refractivity contribution < 1.29 is 5.11 Å². The lowest BCUT2D eigenvalue weighted by Crippen LogP contribution is -2.02. The van der Waals surface area contributed by atoms with Gasteiger partial charge in [0.05, 0.1) is 11.0 Å². The second-order valence-corrected chi connectivity index (χ2v) is 4.51. The Balaban J connectivity index is 2.72. The topological polar surface area (TPSA) is 61.8 Å². The lowest BCUT2D eigenvalue weighted by Gasteiger charge is -2.07. The van der Waals surface area contributed by atoms with Crippen LogP contribution in [0.2, 0.25) is 0 Å². The first-order chi connectivity index (χ1) is 8.56. The molecule has 0 bridgehead atoms. The monoisotopic (exact) mass is 241 g/mol. The zero-order valence-electron chi connectivity index (χ0n) is 10.7.